The van der Waals surface area contributed by atoms with E-state index in [0.717, 1.165) is 0 Å². The first-order chi connectivity index (χ1) is 7.83. The van der Waals surface area contributed by atoms with Crippen LogP contribution in [0.4, 0.5) is 0 Å². The van der Waals surface area contributed by atoms with Crippen molar-refractivity contribution in [2.24, 2.45) is 5.92 Å². The maximum Gasteiger partial charge on any atom is 2.00 e. The zero-order valence-corrected chi connectivity index (χ0v) is 19.6. The summed E-state index contributed by atoms with van der Waals surface area (Å²) in [5.74, 6) is -3.25. The van der Waals surface area contributed by atoms with Crippen molar-refractivity contribution in [1.29, 1.82) is 0 Å². The van der Waals surface area contributed by atoms with E-state index in [2.05, 4.69) is 6.92 Å². The zero-order chi connectivity index (χ0) is 14.7. The summed E-state index contributed by atoms with van der Waals surface area (Å²) in [6, 6.07) is 0. The van der Waals surface area contributed by atoms with E-state index < -0.39 is 34.8 Å². The van der Waals surface area contributed by atoms with E-state index >= 15 is 0 Å². The van der Waals surface area contributed by atoms with Gasteiger partial charge in [-0.15, -0.1) is 0 Å². The van der Waals surface area contributed by atoms with Gasteiger partial charge in [0.25, 0.3) is 0 Å². The Kier molecular flexibility index (Phi) is 15.2. The van der Waals surface area contributed by atoms with Crippen molar-refractivity contribution in [2.75, 3.05) is 0 Å². The number of ether oxygens (including phenoxy) is 2. The molecule has 0 aromatic carbocycles. The van der Waals surface area contributed by atoms with Crippen molar-refractivity contribution in [3.8, 4) is 0 Å². The van der Waals surface area contributed by atoms with Gasteiger partial charge in [0.15, 0.2) is 0 Å². The van der Waals surface area contributed by atoms with Crippen LogP contribution in [0.2, 0.25) is 0 Å². The molecule has 0 aliphatic carbocycles. The second-order valence-electron chi connectivity index (χ2n) is 5.99. The van der Waals surface area contributed by atoms with Crippen molar-refractivity contribution in [2.45, 2.75) is 52.7 Å². The minimum absolute atomic E-state index is 0. The van der Waals surface area contributed by atoms with Gasteiger partial charge in [-0.25, -0.2) is 0 Å². The Hall–Kier alpha value is 0.272. The number of esters is 2. The Morgan fingerprint density at radius 2 is 1.19 bits per heavy atom. The molecule has 0 fully saturated rings. The number of carbonyl (C=O) groups is 2. The molecule has 0 aliphatic rings. The molecule has 0 aromatic heterocycles. The molecular formula is C14H24NO4WY-. The third-order valence-corrected chi connectivity index (χ3v) is 1.62. The van der Waals surface area contributed by atoms with Gasteiger partial charge < -0.3 is 34.9 Å². The summed E-state index contributed by atoms with van der Waals surface area (Å²) in [6.07, 6.45) is 0. The summed E-state index contributed by atoms with van der Waals surface area (Å²) >= 11 is 0. The largest absolute Gasteiger partial charge is 2.00 e. The standard InChI is InChI=1S/C13H21NO4.CH3.W.Y/c1-8(14)9(10(15)17-12(2,3)4)11(16)18-13(5,6)7;;;/h9H,1H2,2-7H3;1H3;;/q-2;-1;+2;. The Morgan fingerprint density at radius 1 is 0.952 bits per heavy atom. The van der Waals surface area contributed by atoms with Crippen LogP contribution >= 0.6 is 0 Å². The second-order valence-corrected chi connectivity index (χ2v) is 5.99. The maximum atomic E-state index is 11.8. The molecule has 0 saturated carbocycles. The predicted molar refractivity (Wildman–Crippen MR) is 75.3 cm³/mol. The molecule has 5 nitrogen and oxygen atoms in total. The molecule has 0 spiro atoms. The summed E-state index contributed by atoms with van der Waals surface area (Å²) in [5, 5.41) is 9.35. The molecule has 0 heterocycles. The van der Waals surface area contributed by atoms with Crippen LogP contribution in [-0.4, -0.2) is 28.9 Å². The quantitative estimate of drug-likeness (QED) is 0.238. The molecule has 21 heavy (non-hydrogen) atoms. The summed E-state index contributed by atoms with van der Waals surface area (Å²) in [5.41, 5.74) is -2.10. The van der Waals surface area contributed by atoms with Crippen molar-refractivity contribution >= 4 is 17.7 Å². The molecule has 0 rings (SSSR count). The molecule has 119 valence electrons. The first-order valence-electron chi connectivity index (χ1n) is 5.67. The van der Waals surface area contributed by atoms with Crippen LogP contribution in [0, 0.1) is 20.3 Å². The number of hydrogen-bond acceptors (Lipinski definition) is 4. The van der Waals surface area contributed by atoms with Gasteiger partial charge >= 0.3 is 33.0 Å². The number of rotatable bonds is 3. The molecule has 0 unspecified atom stereocenters. The summed E-state index contributed by atoms with van der Waals surface area (Å²) < 4.78 is 10.1. The Morgan fingerprint density at radius 3 is 1.33 bits per heavy atom. The van der Waals surface area contributed by atoms with Gasteiger partial charge in [-0.2, -0.15) is 0 Å². The van der Waals surface area contributed by atoms with Crippen LogP contribution in [0.25, 0.3) is 5.41 Å². The van der Waals surface area contributed by atoms with E-state index in [1.165, 1.54) is 0 Å². The van der Waals surface area contributed by atoms with Crippen LogP contribution in [0.1, 0.15) is 41.5 Å². The van der Waals surface area contributed by atoms with E-state index in [4.69, 9.17) is 9.47 Å². The Labute approximate surface area is 167 Å². The fraction of sp³-hybridized carbons (Fsp3) is 0.643. The van der Waals surface area contributed by atoms with Crippen LogP contribution in [-0.2, 0) is 72.8 Å². The van der Waals surface area contributed by atoms with Crippen LogP contribution in [0.15, 0.2) is 0 Å². The number of nitrogens with zero attached hydrogens (tertiary/aromatic N) is 1. The monoisotopic (exact) mass is 543 g/mol. The third-order valence-electron chi connectivity index (χ3n) is 1.62. The smallest absolute Gasteiger partial charge is 0.837 e. The van der Waals surface area contributed by atoms with Crippen LogP contribution in [0.3, 0.4) is 0 Å². The van der Waals surface area contributed by atoms with Gasteiger partial charge in [0.2, 0.25) is 0 Å². The van der Waals surface area contributed by atoms with Crippen LogP contribution < -0.4 is 0 Å². The molecule has 7 heteroatoms. The third kappa shape index (κ3) is 13.6. The van der Waals surface area contributed by atoms with E-state index in [1.54, 1.807) is 41.5 Å². The minimum atomic E-state index is -1.51. The maximum absolute atomic E-state index is 11.8. The number of hydrogen-bond donors (Lipinski definition) is 0. The van der Waals surface area contributed by atoms with E-state index in [1.807, 2.05) is 0 Å². The first kappa shape index (κ1) is 29.3. The van der Waals surface area contributed by atoms with Gasteiger partial charge in [-0.3, -0.25) is 9.59 Å². The average Bonchev–Trinajstić information content (AvgIpc) is 1.93. The topological polar surface area (TPSA) is 74.9 Å². The van der Waals surface area contributed by atoms with E-state index in [-0.39, 0.29) is 61.2 Å². The number of carbonyl (C=O) groups excluding carboxylic acids is 2. The van der Waals surface area contributed by atoms with Crippen molar-refractivity contribution < 1.29 is 72.8 Å². The summed E-state index contributed by atoms with van der Waals surface area (Å²) in [7, 11) is 0. The van der Waals surface area contributed by atoms with Gasteiger partial charge in [0.05, 0.1) is 0 Å². The molecule has 0 N–H and O–H groups in total. The van der Waals surface area contributed by atoms with Gasteiger partial charge in [-0.1, -0.05) is 0 Å². The summed E-state index contributed by atoms with van der Waals surface area (Å²) in [4.78, 5) is 23.6. The van der Waals surface area contributed by atoms with E-state index in [9.17, 15) is 15.0 Å². The molecule has 1 radical (unpaired) electrons. The molecule has 0 saturated heterocycles. The predicted octanol–water partition coefficient (Wildman–Crippen LogP) is 2.58. The molecule has 0 aromatic rings. The average molecular weight is 543 g/mol. The Bertz CT molecular complexity index is 331. The van der Waals surface area contributed by atoms with Crippen LogP contribution in [0.5, 0.6) is 0 Å². The molecule has 0 amide bonds. The summed E-state index contributed by atoms with van der Waals surface area (Å²) in [6.45, 7) is 13.2. The normalized spacial score (nSPS) is 10.4. The first-order valence-corrected chi connectivity index (χ1v) is 5.67. The van der Waals surface area contributed by atoms with Gasteiger partial charge in [0, 0.05) is 32.7 Å². The SMILES string of the molecule is [CH2-]C(=[N-])C(C(=O)OC(C)(C)C)C(=O)OC(C)(C)C.[CH3-].[W+2].[Y]. The second kappa shape index (κ2) is 10.9. The fourth-order valence-corrected chi connectivity index (χ4v) is 1.09. The van der Waals surface area contributed by atoms with Gasteiger partial charge in [0.1, 0.15) is 17.1 Å². The molecule has 0 atom stereocenters. The Balaban J connectivity index is -0.000000482. The fourth-order valence-electron chi connectivity index (χ4n) is 1.09. The molecule has 0 bridgehead atoms. The van der Waals surface area contributed by atoms with Gasteiger partial charge in [-0.05, 0) is 41.5 Å². The molecular weight excluding hydrogens is 519 g/mol. The van der Waals surface area contributed by atoms with E-state index in [0.29, 0.717) is 0 Å². The minimum Gasteiger partial charge on any atom is -0.837 e. The van der Waals surface area contributed by atoms with Crippen molar-refractivity contribution in [3.05, 3.63) is 19.8 Å². The zero-order valence-electron chi connectivity index (χ0n) is 13.9. The van der Waals surface area contributed by atoms with Crippen molar-refractivity contribution in [1.82, 2.24) is 0 Å². The molecule has 0 aliphatic heterocycles. The van der Waals surface area contributed by atoms with Crippen molar-refractivity contribution in [3.63, 3.8) is 0 Å².